The summed E-state index contributed by atoms with van der Waals surface area (Å²) in [6.45, 7) is 1.85. The number of nitrogens with zero attached hydrogens (tertiary/aromatic N) is 2. The topological polar surface area (TPSA) is 38.0 Å². The van der Waals surface area contributed by atoms with Crippen LogP contribution >= 0.6 is 11.6 Å². The van der Waals surface area contributed by atoms with E-state index in [0.29, 0.717) is 6.42 Å². The van der Waals surface area contributed by atoms with Crippen LogP contribution in [0.2, 0.25) is 5.02 Å². The Hall–Kier alpha value is -1.84. The third kappa shape index (κ3) is 2.86. The van der Waals surface area contributed by atoms with E-state index in [1.807, 2.05) is 25.1 Å². The molecule has 0 saturated heterocycles. The zero-order chi connectivity index (χ0) is 17.6. The van der Waals surface area contributed by atoms with Gasteiger partial charge in [-0.3, -0.25) is 4.98 Å². The Morgan fingerprint density at radius 2 is 2.08 bits per heavy atom. The Morgan fingerprint density at radius 1 is 1.28 bits per heavy atom. The minimum absolute atomic E-state index is 0.506. The second-order valence-corrected chi connectivity index (χ2v) is 7.78. The Labute approximate surface area is 153 Å². The molecule has 1 atom stereocenters. The minimum Gasteiger partial charge on any atom is -0.385 e. The molecule has 4 rings (SSSR count). The van der Waals surface area contributed by atoms with Crippen molar-refractivity contribution in [1.29, 1.82) is 0 Å². The van der Waals surface area contributed by atoms with Crippen LogP contribution in [0.3, 0.4) is 0 Å². The number of hydrogen-bond donors (Lipinski definition) is 1. The van der Waals surface area contributed by atoms with Crippen LogP contribution < -0.4 is 0 Å². The van der Waals surface area contributed by atoms with Crippen LogP contribution in [0.15, 0.2) is 36.7 Å². The van der Waals surface area contributed by atoms with Gasteiger partial charge in [0, 0.05) is 47.5 Å². The van der Waals surface area contributed by atoms with Crippen molar-refractivity contribution in [1.82, 2.24) is 9.55 Å². The average Bonchev–Trinajstić information content (AvgIpc) is 2.88. The third-order valence-electron chi connectivity index (χ3n) is 5.48. The van der Waals surface area contributed by atoms with Gasteiger partial charge < -0.3 is 9.67 Å². The van der Waals surface area contributed by atoms with Crippen molar-refractivity contribution in [3.8, 4) is 0 Å². The van der Waals surface area contributed by atoms with E-state index in [1.165, 1.54) is 35.0 Å². The maximum absolute atomic E-state index is 11.1. The maximum Gasteiger partial charge on any atom is 0.0924 e. The number of benzene rings is 1. The lowest BCUT2D eigenvalue weighted by molar-refractivity contribution is 0.0575. The van der Waals surface area contributed by atoms with Crippen LogP contribution in [0.4, 0.5) is 0 Å². The van der Waals surface area contributed by atoms with E-state index in [0.717, 1.165) is 29.0 Å². The number of fused-ring (bicyclic) bond motifs is 3. The van der Waals surface area contributed by atoms with E-state index in [1.54, 1.807) is 12.4 Å². The van der Waals surface area contributed by atoms with E-state index in [4.69, 9.17) is 11.6 Å². The van der Waals surface area contributed by atoms with Crippen LogP contribution in [0, 0.1) is 0 Å². The monoisotopic (exact) mass is 354 g/mol. The molecule has 0 amide bonds. The summed E-state index contributed by atoms with van der Waals surface area (Å²) in [6.07, 6.45) is 8.68. The second kappa shape index (κ2) is 6.15. The fourth-order valence-corrected chi connectivity index (χ4v) is 4.50. The Kier molecular flexibility index (Phi) is 4.09. The van der Waals surface area contributed by atoms with E-state index >= 15 is 0 Å². The molecule has 1 aromatic carbocycles. The van der Waals surface area contributed by atoms with Gasteiger partial charge in [-0.15, -0.1) is 0 Å². The van der Waals surface area contributed by atoms with Crippen molar-refractivity contribution in [2.75, 3.05) is 0 Å². The molecule has 0 saturated carbocycles. The number of aliphatic hydroxyl groups is 1. The zero-order valence-corrected chi connectivity index (χ0v) is 15.5. The molecule has 4 heteroatoms. The molecule has 25 heavy (non-hydrogen) atoms. The molecule has 3 nitrogen and oxygen atoms in total. The molecule has 1 aliphatic rings. The number of rotatable bonds is 3. The predicted molar refractivity (Wildman–Crippen MR) is 102 cm³/mol. The summed E-state index contributed by atoms with van der Waals surface area (Å²) in [5, 5.41) is 13.1. The first kappa shape index (κ1) is 16.6. The summed E-state index contributed by atoms with van der Waals surface area (Å²) in [7, 11) is 2.14. The number of pyridine rings is 1. The van der Waals surface area contributed by atoms with Gasteiger partial charge in [-0.1, -0.05) is 17.7 Å². The van der Waals surface area contributed by atoms with E-state index in [-0.39, 0.29) is 0 Å². The van der Waals surface area contributed by atoms with Gasteiger partial charge in [0.05, 0.1) is 11.1 Å². The quantitative estimate of drug-likeness (QED) is 0.749. The largest absolute Gasteiger partial charge is 0.385 e. The van der Waals surface area contributed by atoms with Crippen molar-refractivity contribution < 1.29 is 5.11 Å². The molecule has 0 fully saturated rings. The maximum atomic E-state index is 11.1. The van der Waals surface area contributed by atoms with E-state index in [9.17, 15) is 5.11 Å². The molecule has 1 unspecified atom stereocenters. The first-order valence-corrected chi connectivity index (χ1v) is 9.26. The highest BCUT2D eigenvalue weighted by Gasteiger charge is 2.27. The lowest BCUT2D eigenvalue weighted by Gasteiger charge is -2.24. The first-order valence-electron chi connectivity index (χ1n) is 8.89. The van der Waals surface area contributed by atoms with Gasteiger partial charge in [-0.2, -0.15) is 0 Å². The molecule has 0 radical (unpaired) electrons. The molecule has 2 heterocycles. The van der Waals surface area contributed by atoms with Crippen molar-refractivity contribution in [2.45, 2.75) is 44.6 Å². The molecule has 0 spiro atoms. The van der Waals surface area contributed by atoms with Crippen molar-refractivity contribution >= 4 is 22.5 Å². The molecule has 0 bridgehead atoms. The standard InChI is InChI=1S/C21H23ClN2O/c1-21(25,15-6-5-9-23-13-15)12-14-10-16(22)11-18-17-7-3-4-8-19(17)24(2)20(14)18/h5-6,9-11,13,25H,3-4,7-8,12H2,1-2H3. The summed E-state index contributed by atoms with van der Waals surface area (Å²) in [6, 6.07) is 7.87. The van der Waals surface area contributed by atoms with E-state index < -0.39 is 5.60 Å². The Bertz CT molecular complexity index is 928. The van der Waals surface area contributed by atoms with Crippen LogP contribution in [0.5, 0.6) is 0 Å². The fraction of sp³-hybridized carbons (Fsp3) is 0.381. The number of halogens is 1. The second-order valence-electron chi connectivity index (χ2n) is 7.34. The molecule has 3 aromatic rings. The van der Waals surface area contributed by atoms with Gasteiger partial charge in [0.15, 0.2) is 0 Å². The van der Waals surface area contributed by atoms with Gasteiger partial charge in [0.25, 0.3) is 0 Å². The summed E-state index contributed by atoms with van der Waals surface area (Å²) in [4.78, 5) is 4.15. The summed E-state index contributed by atoms with van der Waals surface area (Å²) in [5.41, 5.74) is 4.99. The summed E-state index contributed by atoms with van der Waals surface area (Å²) < 4.78 is 2.31. The van der Waals surface area contributed by atoms with Crippen molar-refractivity contribution in [3.05, 3.63) is 64.1 Å². The molecular formula is C21H23ClN2O. The summed E-state index contributed by atoms with van der Waals surface area (Å²) >= 11 is 6.45. The smallest absolute Gasteiger partial charge is 0.0924 e. The molecule has 0 aliphatic heterocycles. The van der Waals surface area contributed by atoms with Gasteiger partial charge in [0.1, 0.15) is 0 Å². The zero-order valence-electron chi connectivity index (χ0n) is 14.7. The lowest BCUT2D eigenvalue weighted by Crippen LogP contribution is -2.24. The highest BCUT2D eigenvalue weighted by atomic mass is 35.5. The molecule has 130 valence electrons. The number of aromatic nitrogens is 2. The normalized spacial score (nSPS) is 16.6. The molecular weight excluding hydrogens is 332 g/mol. The third-order valence-corrected chi connectivity index (χ3v) is 5.69. The van der Waals surface area contributed by atoms with Crippen LogP contribution in [0.25, 0.3) is 10.9 Å². The van der Waals surface area contributed by atoms with Crippen LogP contribution in [0.1, 0.15) is 42.1 Å². The van der Waals surface area contributed by atoms with Gasteiger partial charge >= 0.3 is 0 Å². The minimum atomic E-state index is -0.989. The Balaban J connectivity index is 1.86. The lowest BCUT2D eigenvalue weighted by atomic mass is 9.88. The van der Waals surface area contributed by atoms with Crippen molar-refractivity contribution in [3.63, 3.8) is 0 Å². The Morgan fingerprint density at radius 3 is 2.84 bits per heavy atom. The molecule has 1 aliphatic carbocycles. The highest BCUT2D eigenvalue weighted by Crippen LogP contribution is 2.37. The van der Waals surface area contributed by atoms with Crippen LogP contribution in [-0.2, 0) is 31.9 Å². The summed E-state index contributed by atoms with van der Waals surface area (Å²) in [5.74, 6) is 0. The number of hydrogen-bond acceptors (Lipinski definition) is 2. The SMILES string of the molecule is Cn1c2c(c3cc(Cl)cc(CC(C)(O)c4cccnc4)c31)CCCC2. The number of aryl methyl sites for hydroxylation is 2. The van der Waals surface area contributed by atoms with E-state index in [2.05, 4.69) is 22.7 Å². The first-order chi connectivity index (χ1) is 12.0. The molecule has 1 N–H and O–H groups in total. The van der Waals surface area contributed by atoms with Gasteiger partial charge in [-0.25, -0.2) is 0 Å². The molecule has 2 aromatic heterocycles. The van der Waals surface area contributed by atoms with Crippen molar-refractivity contribution in [2.24, 2.45) is 7.05 Å². The highest BCUT2D eigenvalue weighted by molar-refractivity contribution is 6.31. The predicted octanol–water partition coefficient (Wildman–Crippen LogP) is 4.56. The van der Waals surface area contributed by atoms with Crippen LogP contribution in [-0.4, -0.2) is 14.7 Å². The van der Waals surface area contributed by atoms with Gasteiger partial charge in [0.2, 0.25) is 0 Å². The average molecular weight is 355 g/mol. The van der Waals surface area contributed by atoms with Gasteiger partial charge in [-0.05, 0) is 61.9 Å². The fourth-order valence-electron chi connectivity index (χ4n) is 4.26.